The lowest BCUT2D eigenvalue weighted by molar-refractivity contribution is -0.123. The molecule has 0 aliphatic carbocycles. The Labute approximate surface area is 162 Å². The summed E-state index contributed by atoms with van der Waals surface area (Å²) < 4.78 is 0. The first-order valence-electron chi connectivity index (χ1n) is 8.63. The Morgan fingerprint density at radius 2 is 1.85 bits per heavy atom. The van der Waals surface area contributed by atoms with Crippen molar-refractivity contribution in [1.29, 1.82) is 0 Å². The molecule has 7 heteroatoms. The zero-order valence-electron chi connectivity index (χ0n) is 14.7. The van der Waals surface area contributed by atoms with Gasteiger partial charge in [0.15, 0.2) is 0 Å². The number of piperazine rings is 1. The third-order valence-corrected chi connectivity index (χ3v) is 5.62. The van der Waals surface area contributed by atoms with Crippen LogP contribution in [0, 0.1) is 0 Å². The molecule has 138 valence electrons. The summed E-state index contributed by atoms with van der Waals surface area (Å²) in [5.41, 5.74) is 1.02. The number of benzene rings is 1. The van der Waals surface area contributed by atoms with E-state index in [9.17, 15) is 9.59 Å². The topological polar surface area (TPSA) is 52.7 Å². The molecule has 2 heterocycles. The lowest BCUT2D eigenvalue weighted by Crippen LogP contribution is -2.51. The van der Waals surface area contributed by atoms with E-state index in [-0.39, 0.29) is 17.9 Å². The summed E-state index contributed by atoms with van der Waals surface area (Å²) in [7, 11) is 0. The van der Waals surface area contributed by atoms with Gasteiger partial charge in [-0.3, -0.25) is 14.5 Å². The van der Waals surface area contributed by atoms with E-state index >= 15 is 0 Å². The second kappa shape index (κ2) is 8.66. The van der Waals surface area contributed by atoms with Crippen LogP contribution in [0.5, 0.6) is 0 Å². The van der Waals surface area contributed by atoms with Crippen molar-refractivity contribution in [2.75, 3.05) is 32.7 Å². The minimum Gasteiger partial charge on any atom is -0.348 e. The highest BCUT2D eigenvalue weighted by Gasteiger charge is 2.24. The third-order valence-electron chi connectivity index (χ3n) is 4.51. The minimum absolute atomic E-state index is 0.00881. The highest BCUT2D eigenvalue weighted by atomic mass is 35.5. The maximum absolute atomic E-state index is 12.3. The van der Waals surface area contributed by atoms with Gasteiger partial charge in [-0.25, -0.2) is 0 Å². The number of carbonyl (C=O) groups is 2. The number of nitrogens with one attached hydrogen (secondary N) is 1. The number of halogens is 1. The largest absolute Gasteiger partial charge is 0.348 e. The highest BCUT2D eigenvalue weighted by molar-refractivity contribution is 7.12. The number of amides is 2. The molecule has 0 spiro atoms. The molecule has 2 amide bonds. The van der Waals surface area contributed by atoms with Gasteiger partial charge in [0, 0.05) is 31.2 Å². The molecule has 0 radical (unpaired) electrons. The Kier molecular flexibility index (Phi) is 6.29. The molecular formula is C19H22ClN3O2S. The number of hydrogen-bond donors (Lipinski definition) is 1. The van der Waals surface area contributed by atoms with Crippen LogP contribution in [-0.2, 0) is 4.79 Å². The molecule has 1 aromatic carbocycles. The molecule has 2 aromatic rings. The summed E-state index contributed by atoms with van der Waals surface area (Å²) in [5.74, 6) is 0.0749. The van der Waals surface area contributed by atoms with E-state index < -0.39 is 0 Å². The van der Waals surface area contributed by atoms with Gasteiger partial charge in [-0.15, -0.1) is 11.3 Å². The predicted molar refractivity (Wildman–Crippen MR) is 105 cm³/mol. The van der Waals surface area contributed by atoms with Crippen LogP contribution in [0.15, 0.2) is 41.8 Å². The first-order valence-corrected chi connectivity index (χ1v) is 9.88. The van der Waals surface area contributed by atoms with Crippen molar-refractivity contribution in [1.82, 2.24) is 15.1 Å². The predicted octanol–water partition coefficient (Wildman–Crippen LogP) is 3.04. The van der Waals surface area contributed by atoms with Crippen molar-refractivity contribution in [3.8, 4) is 0 Å². The molecule has 1 atom stereocenters. The van der Waals surface area contributed by atoms with Crippen LogP contribution >= 0.6 is 22.9 Å². The molecule has 1 saturated heterocycles. The maximum Gasteiger partial charge on any atom is 0.264 e. The second-order valence-corrected chi connectivity index (χ2v) is 7.77. The number of nitrogens with zero attached hydrogens (tertiary/aromatic N) is 2. The molecular weight excluding hydrogens is 370 g/mol. The molecule has 1 N–H and O–H groups in total. The summed E-state index contributed by atoms with van der Waals surface area (Å²) in [5, 5.41) is 5.61. The molecule has 1 unspecified atom stereocenters. The van der Waals surface area contributed by atoms with Crippen LogP contribution in [0.4, 0.5) is 0 Å². The molecule has 1 aliphatic rings. The molecule has 0 bridgehead atoms. The van der Waals surface area contributed by atoms with Crippen LogP contribution in [0.1, 0.15) is 28.2 Å². The standard InChI is InChI=1S/C19H22ClN3O2S/c1-14(15-4-6-16(20)7-5-15)21-18(24)13-22-8-10-23(11-9-22)19(25)17-3-2-12-26-17/h2-7,12,14H,8-11,13H2,1H3,(H,21,24). The van der Waals surface area contributed by atoms with Gasteiger partial charge >= 0.3 is 0 Å². The van der Waals surface area contributed by atoms with E-state index in [1.807, 2.05) is 53.6 Å². The normalized spacial score (nSPS) is 16.3. The second-order valence-electron chi connectivity index (χ2n) is 6.39. The van der Waals surface area contributed by atoms with Crippen LogP contribution in [0.25, 0.3) is 0 Å². The molecule has 1 aromatic heterocycles. The van der Waals surface area contributed by atoms with Gasteiger partial charge in [0.1, 0.15) is 0 Å². The van der Waals surface area contributed by atoms with E-state index in [0.29, 0.717) is 37.7 Å². The maximum atomic E-state index is 12.3. The van der Waals surface area contributed by atoms with Gasteiger partial charge in [0.05, 0.1) is 17.5 Å². The monoisotopic (exact) mass is 391 g/mol. The van der Waals surface area contributed by atoms with Crippen LogP contribution in [0.2, 0.25) is 5.02 Å². The zero-order chi connectivity index (χ0) is 18.5. The summed E-state index contributed by atoms with van der Waals surface area (Å²) in [6.45, 7) is 5.02. The Balaban J connectivity index is 1.44. The number of hydrogen-bond acceptors (Lipinski definition) is 4. The van der Waals surface area contributed by atoms with E-state index in [4.69, 9.17) is 11.6 Å². The molecule has 0 saturated carbocycles. The molecule has 1 fully saturated rings. The van der Waals surface area contributed by atoms with Gasteiger partial charge < -0.3 is 10.2 Å². The lowest BCUT2D eigenvalue weighted by atomic mass is 10.1. The number of carbonyl (C=O) groups excluding carboxylic acids is 2. The average molecular weight is 392 g/mol. The molecule has 3 rings (SSSR count). The Morgan fingerprint density at radius 3 is 2.46 bits per heavy atom. The number of thiophene rings is 1. The van der Waals surface area contributed by atoms with E-state index in [0.717, 1.165) is 10.4 Å². The fourth-order valence-corrected chi connectivity index (χ4v) is 3.81. The summed E-state index contributed by atoms with van der Waals surface area (Å²) >= 11 is 7.36. The Bertz CT molecular complexity index is 741. The van der Waals surface area contributed by atoms with Gasteiger partial charge in [0.25, 0.3) is 5.91 Å². The van der Waals surface area contributed by atoms with Crippen LogP contribution < -0.4 is 5.32 Å². The van der Waals surface area contributed by atoms with Crippen molar-refractivity contribution < 1.29 is 9.59 Å². The Morgan fingerprint density at radius 1 is 1.15 bits per heavy atom. The van der Waals surface area contributed by atoms with E-state index in [1.165, 1.54) is 11.3 Å². The van der Waals surface area contributed by atoms with Gasteiger partial charge in [-0.05, 0) is 36.1 Å². The lowest BCUT2D eigenvalue weighted by Gasteiger charge is -2.34. The fraction of sp³-hybridized carbons (Fsp3) is 0.368. The highest BCUT2D eigenvalue weighted by Crippen LogP contribution is 2.16. The average Bonchev–Trinajstić information content (AvgIpc) is 3.17. The fourth-order valence-electron chi connectivity index (χ4n) is 2.99. The summed E-state index contributed by atoms with van der Waals surface area (Å²) in [4.78, 5) is 29.4. The summed E-state index contributed by atoms with van der Waals surface area (Å²) in [6, 6.07) is 11.2. The van der Waals surface area contributed by atoms with Crippen molar-refractivity contribution in [2.24, 2.45) is 0 Å². The molecule has 26 heavy (non-hydrogen) atoms. The first kappa shape index (κ1) is 18.9. The van der Waals surface area contributed by atoms with Crippen molar-refractivity contribution >= 4 is 34.8 Å². The summed E-state index contributed by atoms with van der Waals surface area (Å²) in [6.07, 6.45) is 0. The van der Waals surface area contributed by atoms with Crippen LogP contribution in [0.3, 0.4) is 0 Å². The van der Waals surface area contributed by atoms with Crippen molar-refractivity contribution in [3.05, 3.63) is 57.2 Å². The SMILES string of the molecule is CC(NC(=O)CN1CCN(C(=O)c2cccs2)CC1)c1ccc(Cl)cc1. The molecule has 1 aliphatic heterocycles. The smallest absolute Gasteiger partial charge is 0.264 e. The van der Waals surface area contributed by atoms with Gasteiger partial charge in [-0.2, -0.15) is 0 Å². The minimum atomic E-state index is -0.0681. The third kappa shape index (κ3) is 4.84. The molecule has 5 nitrogen and oxygen atoms in total. The number of rotatable bonds is 5. The van der Waals surface area contributed by atoms with Crippen molar-refractivity contribution in [2.45, 2.75) is 13.0 Å². The quantitative estimate of drug-likeness (QED) is 0.852. The Hall–Kier alpha value is -1.89. The zero-order valence-corrected chi connectivity index (χ0v) is 16.2. The van der Waals surface area contributed by atoms with E-state index in [2.05, 4.69) is 10.2 Å². The first-order chi connectivity index (χ1) is 12.5. The van der Waals surface area contributed by atoms with Gasteiger partial charge in [0.2, 0.25) is 5.91 Å². The van der Waals surface area contributed by atoms with Crippen molar-refractivity contribution in [3.63, 3.8) is 0 Å². The van der Waals surface area contributed by atoms with Gasteiger partial charge in [-0.1, -0.05) is 29.8 Å². The van der Waals surface area contributed by atoms with E-state index in [1.54, 1.807) is 0 Å². The van der Waals surface area contributed by atoms with Crippen LogP contribution in [-0.4, -0.2) is 54.3 Å².